The molecule has 0 saturated heterocycles. The number of para-hydroxylation sites is 1. The van der Waals surface area contributed by atoms with Crippen molar-refractivity contribution in [1.29, 1.82) is 0 Å². The summed E-state index contributed by atoms with van der Waals surface area (Å²) < 4.78 is 10.7. The minimum Gasteiger partial charge on any atom is -0.505 e. The molecule has 0 aliphatic heterocycles. The average Bonchev–Trinajstić information content (AvgIpc) is 2.83. The van der Waals surface area contributed by atoms with Crippen LogP contribution < -0.4 is 4.74 Å². The molecule has 1 N–H and O–H groups in total. The van der Waals surface area contributed by atoms with Gasteiger partial charge in [0.25, 0.3) is 0 Å². The number of aromatic hydroxyl groups is 1. The van der Waals surface area contributed by atoms with Crippen LogP contribution >= 0.6 is 11.3 Å². The normalized spacial score (nSPS) is 10.9. The van der Waals surface area contributed by atoms with Crippen LogP contribution in [0.25, 0.3) is 21.0 Å². The summed E-state index contributed by atoms with van der Waals surface area (Å²) in [5.74, 6) is 0.00530. The molecule has 0 amide bonds. The first-order chi connectivity index (χ1) is 9.67. The van der Waals surface area contributed by atoms with Gasteiger partial charge in [-0.05, 0) is 6.07 Å². The number of rotatable bonds is 2. The van der Waals surface area contributed by atoms with Crippen molar-refractivity contribution in [2.45, 2.75) is 0 Å². The van der Waals surface area contributed by atoms with Crippen LogP contribution in [0.15, 0.2) is 24.4 Å². The van der Waals surface area contributed by atoms with E-state index >= 15 is 0 Å². The molecule has 102 valence electrons. The predicted molar refractivity (Wildman–Crippen MR) is 76.7 cm³/mol. The molecule has 0 aliphatic rings. The highest BCUT2D eigenvalue weighted by Crippen LogP contribution is 2.41. The number of esters is 1. The van der Waals surface area contributed by atoms with Gasteiger partial charge >= 0.3 is 5.97 Å². The minimum atomic E-state index is -0.556. The first kappa shape index (κ1) is 12.7. The highest BCUT2D eigenvalue weighted by Gasteiger charge is 2.20. The summed E-state index contributed by atoms with van der Waals surface area (Å²) in [6.45, 7) is 0. The molecule has 0 spiro atoms. The first-order valence-corrected chi connectivity index (χ1v) is 6.64. The predicted octanol–water partition coefficient (Wildman–Crippen LogP) is 2.95. The van der Waals surface area contributed by atoms with Crippen molar-refractivity contribution in [2.75, 3.05) is 14.2 Å². The van der Waals surface area contributed by atoms with Crippen LogP contribution in [0.5, 0.6) is 11.5 Å². The topological polar surface area (TPSA) is 68.7 Å². The number of carbonyl (C=O) groups excluding carboxylic acids is 1. The third kappa shape index (κ3) is 1.69. The second kappa shape index (κ2) is 4.64. The number of ether oxygens (including phenoxy) is 2. The monoisotopic (exact) mass is 289 g/mol. The fourth-order valence-corrected chi connectivity index (χ4v) is 3.23. The van der Waals surface area contributed by atoms with Gasteiger partial charge in [-0.25, -0.2) is 4.79 Å². The van der Waals surface area contributed by atoms with Crippen LogP contribution in [0.2, 0.25) is 0 Å². The Kier molecular flexibility index (Phi) is 2.94. The first-order valence-electron chi connectivity index (χ1n) is 5.83. The van der Waals surface area contributed by atoms with Crippen molar-refractivity contribution in [3.63, 3.8) is 0 Å². The molecule has 0 saturated carbocycles. The van der Waals surface area contributed by atoms with Crippen molar-refractivity contribution < 1.29 is 19.4 Å². The third-order valence-corrected chi connectivity index (χ3v) is 4.28. The van der Waals surface area contributed by atoms with E-state index in [1.807, 2.05) is 18.2 Å². The molecule has 0 aliphatic carbocycles. The van der Waals surface area contributed by atoms with Gasteiger partial charge < -0.3 is 14.6 Å². The van der Waals surface area contributed by atoms with Crippen molar-refractivity contribution in [3.05, 3.63) is 29.3 Å². The largest absolute Gasteiger partial charge is 0.505 e. The highest BCUT2D eigenvalue weighted by molar-refractivity contribution is 7.22. The third-order valence-electron chi connectivity index (χ3n) is 3.08. The Hall–Kier alpha value is -2.34. The average molecular weight is 289 g/mol. The van der Waals surface area contributed by atoms with Crippen molar-refractivity contribution in [2.24, 2.45) is 0 Å². The zero-order valence-corrected chi connectivity index (χ0v) is 11.7. The number of nitrogens with zero attached hydrogens (tertiary/aromatic N) is 1. The summed E-state index contributed by atoms with van der Waals surface area (Å²) in [6, 6.07) is 5.54. The highest BCUT2D eigenvalue weighted by atomic mass is 32.1. The van der Waals surface area contributed by atoms with E-state index in [0.717, 1.165) is 10.1 Å². The van der Waals surface area contributed by atoms with Crippen LogP contribution in [0.1, 0.15) is 9.67 Å². The summed E-state index contributed by atoms with van der Waals surface area (Å²) in [6.07, 6.45) is 1.54. The number of aromatic nitrogens is 1. The van der Waals surface area contributed by atoms with Crippen molar-refractivity contribution in [3.8, 4) is 11.5 Å². The maximum atomic E-state index is 11.6. The molecule has 0 radical (unpaired) electrons. The van der Waals surface area contributed by atoms with Crippen LogP contribution in [0.3, 0.4) is 0 Å². The number of methoxy groups -OCH3 is 2. The Morgan fingerprint density at radius 3 is 2.80 bits per heavy atom. The van der Waals surface area contributed by atoms with Gasteiger partial charge in [-0.1, -0.05) is 12.1 Å². The molecule has 20 heavy (non-hydrogen) atoms. The van der Waals surface area contributed by atoms with Gasteiger partial charge in [-0.2, -0.15) is 0 Å². The Bertz CT molecular complexity index is 825. The smallest absolute Gasteiger partial charge is 0.351 e. The second-order valence-corrected chi connectivity index (χ2v) is 5.15. The SMILES string of the molecule is COC(=O)c1sc2c(cnc3c(OC)cccc32)c1O. The van der Waals surface area contributed by atoms with Crippen molar-refractivity contribution in [1.82, 2.24) is 4.98 Å². The lowest BCUT2D eigenvalue weighted by Crippen LogP contribution is -1.97. The molecule has 2 heterocycles. The van der Waals surface area contributed by atoms with Crippen LogP contribution in [0, 0.1) is 0 Å². The molecule has 2 aromatic heterocycles. The molecule has 0 fully saturated rings. The number of hydrogen-bond acceptors (Lipinski definition) is 6. The van der Waals surface area contributed by atoms with Gasteiger partial charge in [0.1, 0.15) is 17.0 Å². The molecule has 3 aromatic rings. The minimum absolute atomic E-state index is 0.0888. The Labute approximate surface area is 118 Å². The van der Waals surface area contributed by atoms with Gasteiger partial charge in [-0.15, -0.1) is 11.3 Å². The van der Waals surface area contributed by atoms with E-state index in [1.54, 1.807) is 13.3 Å². The number of fused-ring (bicyclic) bond motifs is 3. The lowest BCUT2D eigenvalue weighted by atomic mass is 10.1. The maximum Gasteiger partial charge on any atom is 0.351 e. The zero-order chi connectivity index (χ0) is 14.3. The van der Waals surface area contributed by atoms with Gasteiger partial charge in [0.15, 0.2) is 4.88 Å². The molecule has 5 nitrogen and oxygen atoms in total. The molecule has 0 bridgehead atoms. The van der Waals surface area contributed by atoms with Crippen LogP contribution in [0.4, 0.5) is 0 Å². The van der Waals surface area contributed by atoms with E-state index in [1.165, 1.54) is 18.4 Å². The Morgan fingerprint density at radius 2 is 2.10 bits per heavy atom. The lowest BCUT2D eigenvalue weighted by molar-refractivity contribution is 0.0603. The summed E-state index contributed by atoms with van der Waals surface area (Å²) in [5.41, 5.74) is 0.695. The van der Waals surface area contributed by atoms with E-state index in [0.29, 0.717) is 16.7 Å². The molecule has 3 rings (SSSR count). The number of benzene rings is 1. The fourth-order valence-electron chi connectivity index (χ4n) is 2.12. The molecule has 0 unspecified atom stereocenters. The van der Waals surface area contributed by atoms with Gasteiger partial charge in [0.05, 0.1) is 24.3 Å². The lowest BCUT2D eigenvalue weighted by Gasteiger charge is -2.04. The van der Waals surface area contributed by atoms with E-state index in [-0.39, 0.29) is 10.6 Å². The summed E-state index contributed by atoms with van der Waals surface area (Å²) in [4.78, 5) is 16.1. The van der Waals surface area contributed by atoms with E-state index < -0.39 is 5.97 Å². The standard InChI is InChI=1S/C14H11NO4S/c1-18-9-5-3-4-7-10(9)15-6-8-11(16)13(14(17)19-2)20-12(7)8/h3-6,16H,1-2H3. The fraction of sp³-hybridized carbons (Fsp3) is 0.143. The van der Waals surface area contributed by atoms with E-state index in [2.05, 4.69) is 9.72 Å². The second-order valence-electron chi connectivity index (χ2n) is 4.13. The summed E-state index contributed by atoms with van der Waals surface area (Å²) in [5, 5.41) is 11.5. The van der Waals surface area contributed by atoms with Gasteiger partial charge in [-0.3, -0.25) is 4.98 Å². The molecular weight excluding hydrogens is 278 g/mol. The maximum absolute atomic E-state index is 11.6. The van der Waals surface area contributed by atoms with Crippen LogP contribution in [-0.2, 0) is 4.74 Å². The zero-order valence-electron chi connectivity index (χ0n) is 10.8. The van der Waals surface area contributed by atoms with E-state index in [9.17, 15) is 9.90 Å². The van der Waals surface area contributed by atoms with Crippen LogP contribution in [-0.4, -0.2) is 30.3 Å². The summed E-state index contributed by atoms with van der Waals surface area (Å²) in [7, 11) is 2.86. The molecule has 6 heteroatoms. The van der Waals surface area contributed by atoms with Gasteiger partial charge in [0.2, 0.25) is 0 Å². The number of pyridine rings is 1. The quantitative estimate of drug-likeness (QED) is 0.735. The molecule has 0 atom stereocenters. The Balaban J connectivity index is 2.40. The van der Waals surface area contributed by atoms with E-state index in [4.69, 9.17) is 4.74 Å². The van der Waals surface area contributed by atoms with Gasteiger partial charge in [0, 0.05) is 11.6 Å². The summed E-state index contributed by atoms with van der Waals surface area (Å²) >= 11 is 1.19. The molecular formula is C14H11NO4S. The number of thiophene rings is 1. The number of carbonyl (C=O) groups is 1. The number of hydrogen-bond donors (Lipinski definition) is 1. The Morgan fingerprint density at radius 1 is 1.30 bits per heavy atom. The van der Waals surface area contributed by atoms with Crippen molar-refractivity contribution >= 4 is 38.3 Å². The molecule has 1 aromatic carbocycles.